The highest BCUT2D eigenvalue weighted by Crippen LogP contribution is 2.33. The minimum atomic E-state index is -1.33. The molecule has 7 nitrogen and oxygen atoms in total. The van der Waals surface area contributed by atoms with Crippen molar-refractivity contribution in [3.8, 4) is 0 Å². The van der Waals surface area contributed by atoms with Gasteiger partial charge in [0.25, 0.3) is 5.91 Å². The second-order valence-electron chi connectivity index (χ2n) is 7.04. The van der Waals surface area contributed by atoms with Crippen LogP contribution in [0.5, 0.6) is 0 Å². The number of carbonyl (C=O) groups excluding carboxylic acids is 1. The van der Waals surface area contributed by atoms with Crippen molar-refractivity contribution >= 4 is 61.8 Å². The Morgan fingerprint density at radius 3 is 2.77 bits per heavy atom. The molecule has 2 atom stereocenters. The number of aromatic nitrogens is 2. The zero-order valence-corrected chi connectivity index (χ0v) is 18.0. The second kappa shape index (κ2) is 8.05. The summed E-state index contributed by atoms with van der Waals surface area (Å²) >= 11 is 13.3. The Kier molecular flexibility index (Phi) is 5.61. The zero-order chi connectivity index (χ0) is 21.6. The van der Waals surface area contributed by atoms with Crippen LogP contribution in [0.1, 0.15) is 33.0 Å². The summed E-state index contributed by atoms with van der Waals surface area (Å²) in [5.41, 5.74) is 1.41. The maximum Gasteiger partial charge on any atom is 0.337 e. The molecule has 11 heteroatoms. The molecule has 0 spiro atoms. The van der Waals surface area contributed by atoms with E-state index < -0.39 is 24.1 Å². The van der Waals surface area contributed by atoms with Gasteiger partial charge in [0.1, 0.15) is 11.9 Å². The Labute approximate surface area is 184 Å². The lowest BCUT2D eigenvalue weighted by atomic mass is 10.0. The van der Waals surface area contributed by atoms with Crippen LogP contribution in [0.15, 0.2) is 18.2 Å². The van der Waals surface area contributed by atoms with E-state index in [1.807, 2.05) is 0 Å². The van der Waals surface area contributed by atoms with Crippen LogP contribution in [0.3, 0.4) is 0 Å². The molecule has 0 saturated carbocycles. The van der Waals surface area contributed by atoms with Crippen LogP contribution >= 0.6 is 34.5 Å². The van der Waals surface area contributed by atoms with E-state index in [1.54, 1.807) is 24.0 Å². The Hall–Kier alpha value is -2.36. The molecule has 1 fully saturated rings. The topological polar surface area (TPSA) is 98.3 Å². The van der Waals surface area contributed by atoms with Crippen LogP contribution < -0.4 is 10.2 Å². The van der Waals surface area contributed by atoms with Crippen molar-refractivity contribution in [3.63, 3.8) is 0 Å². The first-order valence-corrected chi connectivity index (χ1v) is 10.7. The van der Waals surface area contributed by atoms with E-state index in [-0.39, 0.29) is 27.8 Å². The Bertz CT molecular complexity index is 1150. The average Bonchev–Trinajstić information content (AvgIpc) is 3.26. The third-order valence-corrected chi connectivity index (χ3v) is 7.16. The summed E-state index contributed by atoms with van der Waals surface area (Å²) in [6.07, 6.45) is -0.974. The number of nitrogens with zero attached hydrogens (tertiary/aromatic N) is 2. The molecule has 1 amide bonds. The smallest absolute Gasteiger partial charge is 0.337 e. The summed E-state index contributed by atoms with van der Waals surface area (Å²) in [6, 6.07) is 4.20. The number of H-pyrrole nitrogens is 1. The van der Waals surface area contributed by atoms with Crippen molar-refractivity contribution in [2.75, 3.05) is 18.0 Å². The van der Waals surface area contributed by atoms with Crippen LogP contribution in [0, 0.1) is 6.92 Å². The standard InChI is InChI=1S/C19H17Cl2FN4O3S/c1-8-13(20)14(21)15(23-8)17(27)24-11-5-6-26(7-10(11)22)19-25-12-4-2-3-9(18(28)29)16(12)30-19/h2-4,10-11,23H,5-7H2,1H3,(H,24,27)(H,28,29)/t10-,11+/m0/s1. The number of halogens is 3. The molecule has 3 aromatic rings. The number of aromatic carboxylic acids is 1. The quantitative estimate of drug-likeness (QED) is 0.528. The summed E-state index contributed by atoms with van der Waals surface area (Å²) in [5, 5.41) is 13.0. The number of benzene rings is 1. The summed E-state index contributed by atoms with van der Waals surface area (Å²) < 4.78 is 15.4. The van der Waals surface area contributed by atoms with Gasteiger partial charge in [0, 0.05) is 12.2 Å². The van der Waals surface area contributed by atoms with Gasteiger partial charge >= 0.3 is 5.97 Å². The van der Waals surface area contributed by atoms with Gasteiger partial charge in [-0.1, -0.05) is 40.6 Å². The summed E-state index contributed by atoms with van der Waals surface area (Å²) in [7, 11) is 0. The van der Waals surface area contributed by atoms with E-state index in [0.29, 0.717) is 34.0 Å². The van der Waals surface area contributed by atoms with E-state index in [1.165, 1.54) is 17.4 Å². The molecule has 3 N–H and O–H groups in total. The van der Waals surface area contributed by atoms with E-state index in [4.69, 9.17) is 23.2 Å². The van der Waals surface area contributed by atoms with Gasteiger partial charge in [-0.15, -0.1) is 0 Å². The maximum atomic E-state index is 14.9. The molecule has 2 aromatic heterocycles. The second-order valence-corrected chi connectivity index (χ2v) is 8.77. The zero-order valence-electron chi connectivity index (χ0n) is 15.7. The van der Waals surface area contributed by atoms with Crippen molar-refractivity contribution < 1.29 is 19.1 Å². The van der Waals surface area contributed by atoms with E-state index in [2.05, 4.69) is 15.3 Å². The molecule has 4 rings (SSSR count). The van der Waals surface area contributed by atoms with Crippen molar-refractivity contribution in [2.45, 2.75) is 25.6 Å². The average molecular weight is 471 g/mol. The van der Waals surface area contributed by atoms with E-state index in [9.17, 15) is 19.1 Å². The summed E-state index contributed by atoms with van der Waals surface area (Å²) in [6.45, 7) is 2.19. The van der Waals surface area contributed by atoms with E-state index in [0.717, 1.165) is 0 Å². The highest BCUT2D eigenvalue weighted by atomic mass is 35.5. The minimum absolute atomic E-state index is 0.0332. The van der Waals surface area contributed by atoms with Crippen LogP contribution in [0.25, 0.3) is 10.2 Å². The molecule has 1 aromatic carbocycles. The van der Waals surface area contributed by atoms with Crippen LogP contribution in [0.4, 0.5) is 9.52 Å². The molecule has 0 bridgehead atoms. The van der Waals surface area contributed by atoms with Gasteiger partial charge in [-0.3, -0.25) is 4.79 Å². The Balaban J connectivity index is 1.47. The monoisotopic (exact) mass is 470 g/mol. The van der Waals surface area contributed by atoms with Gasteiger partial charge in [-0.05, 0) is 25.5 Å². The molecular formula is C19H17Cl2FN4O3S. The lowest BCUT2D eigenvalue weighted by molar-refractivity contribution is 0.0699. The molecule has 0 radical (unpaired) electrons. The van der Waals surface area contributed by atoms with Gasteiger partial charge < -0.3 is 20.3 Å². The normalized spacial score (nSPS) is 19.3. The lowest BCUT2D eigenvalue weighted by Gasteiger charge is -2.34. The number of fused-ring (bicyclic) bond motifs is 1. The molecule has 1 saturated heterocycles. The number of aryl methyl sites for hydroxylation is 1. The molecule has 30 heavy (non-hydrogen) atoms. The fourth-order valence-corrected chi connectivity index (χ4v) is 4.97. The number of alkyl halides is 1. The lowest BCUT2D eigenvalue weighted by Crippen LogP contribution is -2.52. The number of thiazole rings is 1. The number of carboxylic acid groups (broad SMARTS) is 1. The molecule has 0 unspecified atom stereocenters. The Morgan fingerprint density at radius 2 is 2.13 bits per heavy atom. The number of carbonyl (C=O) groups is 2. The highest BCUT2D eigenvalue weighted by molar-refractivity contribution is 7.22. The highest BCUT2D eigenvalue weighted by Gasteiger charge is 2.33. The number of piperidine rings is 1. The number of nitrogens with one attached hydrogen (secondary N) is 2. The predicted molar refractivity (Wildman–Crippen MR) is 115 cm³/mol. The minimum Gasteiger partial charge on any atom is -0.478 e. The van der Waals surface area contributed by atoms with Crippen molar-refractivity contribution in [2.24, 2.45) is 0 Å². The molecular weight excluding hydrogens is 454 g/mol. The molecule has 1 aliphatic heterocycles. The number of aromatic amines is 1. The Morgan fingerprint density at radius 1 is 1.37 bits per heavy atom. The third-order valence-electron chi connectivity index (χ3n) is 5.04. The first-order chi connectivity index (χ1) is 14.3. The first-order valence-electron chi connectivity index (χ1n) is 9.12. The van der Waals surface area contributed by atoms with Crippen molar-refractivity contribution in [1.82, 2.24) is 15.3 Å². The number of hydrogen-bond acceptors (Lipinski definition) is 5. The predicted octanol–water partition coefficient (Wildman–Crippen LogP) is 4.28. The molecule has 158 valence electrons. The SMILES string of the molecule is Cc1[nH]c(C(=O)N[C@@H]2CCN(c3nc4cccc(C(=O)O)c4s3)C[C@@H]2F)c(Cl)c1Cl. The van der Waals surface area contributed by atoms with Gasteiger partial charge in [0.15, 0.2) is 5.13 Å². The van der Waals surface area contributed by atoms with Gasteiger partial charge in [0.2, 0.25) is 0 Å². The van der Waals surface area contributed by atoms with Crippen LogP contribution in [0.2, 0.25) is 10.0 Å². The van der Waals surface area contributed by atoms with Gasteiger partial charge in [0.05, 0.1) is 38.4 Å². The van der Waals surface area contributed by atoms with Crippen molar-refractivity contribution in [3.05, 3.63) is 45.2 Å². The van der Waals surface area contributed by atoms with Crippen LogP contribution in [-0.2, 0) is 0 Å². The molecule has 0 aliphatic carbocycles. The van der Waals surface area contributed by atoms with Crippen molar-refractivity contribution in [1.29, 1.82) is 0 Å². The number of carboxylic acids is 1. The van der Waals surface area contributed by atoms with Crippen LogP contribution in [-0.4, -0.2) is 52.3 Å². The fraction of sp³-hybridized carbons (Fsp3) is 0.316. The fourth-order valence-electron chi connectivity index (χ4n) is 3.45. The summed E-state index contributed by atoms with van der Waals surface area (Å²) in [5.74, 6) is -1.54. The number of rotatable bonds is 4. The number of hydrogen-bond donors (Lipinski definition) is 3. The number of anilines is 1. The van der Waals surface area contributed by atoms with Gasteiger partial charge in [-0.25, -0.2) is 14.2 Å². The molecule has 3 heterocycles. The first kappa shape index (κ1) is 20.9. The largest absolute Gasteiger partial charge is 0.478 e. The number of amides is 1. The molecule has 1 aliphatic rings. The van der Waals surface area contributed by atoms with Gasteiger partial charge in [-0.2, -0.15) is 0 Å². The summed E-state index contributed by atoms with van der Waals surface area (Å²) in [4.78, 5) is 32.9. The van der Waals surface area contributed by atoms with E-state index >= 15 is 0 Å². The maximum absolute atomic E-state index is 14.9. The third kappa shape index (κ3) is 3.73.